The van der Waals surface area contributed by atoms with Gasteiger partial charge in [-0.15, -0.1) is 0 Å². The van der Waals surface area contributed by atoms with Gasteiger partial charge in [-0.1, -0.05) is 103 Å². The van der Waals surface area contributed by atoms with Crippen LogP contribution in [0.1, 0.15) is 156 Å². The highest BCUT2D eigenvalue weighted by molar-refractivity contribution is 5.69. The van der Waals surface area contributed by atoms with Crippen LogP contribution in [0, 0.1) is 17.3 Å². The van der Waals surface area contributed by atoms with E-state index in [0.717, 1.165) is 19.3 Å². The van der Waals surface area contributed by atoms with Gasteiger partial charge in [-0.25, -0.2) is 0 Å². The van der Waals surface area contributed by atoms with Crippen LogP contribution in [0.15, 0.2) is 12.2 Å². The lowest BCUT2D eigenvalue weighted by Gasteiger charge is -2.51. The molecule has 2 heteroatoms. The van der Waals surface area contributed by atoms with Crippen molar-refractivity contribution >= 4 is 5.97 Å². The minimum atomic E-state index is -0.354. The van der Waals surface area contributed by atoms with Crippen LogP contribution in [-0.2, 0) is 9.53 Å². The van der Waals surface area contributed by atoms with Gasteiger partial charge in [0.25, 0.3) is 0 Å². The molecule has 2 nitrogen and oxygen atoms in total. The van der Waals surface area contributed by atoms with Gasteiger partial charge >= 0.3 is 5.97 Å². The molecule has 0 unspecified atom stereocenters. The quantitative estimate of drug-likeness (QED) is 0.130. The Morgan fingerprint density at radius 1 is 0.939 bits per heavy atom. The van der Waals surface area contributed by atoms with E-state index in [1.54, 1.807) is 0 Å². The van der Waals surface area contributed by atoms with Gasteiger partial charge < -0.3 is 4.74 Å². The van der Waals surface area contributed by atoms with Crippen LogP contribution in [-0.4, -0.2) is 11.6 Å². The van der Waals surface area contributed by atoms with E-state index in [9.17, 15) is 4.79 Å². The van der Waals surface area contributed by atoms with Crippen molar-refractivity contribution in [3.8, 4) is 0 Å². The first-order valence-electron chi connectivity index (χ1n) is 14.7. The lowest BCUT2D eigenvalue weighted by molar-refractivity contribution is -0.165. The molecule has 192 valence electrons. The summed E-state index contributed by atoms with van der Waals surface area (Å²) in [5.74, 6) is 1.09. The predicted molar refractivity (Wildman–Crippen MR) is 142 cm³/mol. The van der Waals surface area contributed by atoms with Crippen LogP contribution < -0.4 is 0 Å². The number of carbonyl (C=O) groups excluding carboxylic acids is 1. The Kier molecular flexibility index (Phi) is 12.6. The molecule has 2 aliphatic carbocycles. The zero-order valence-corrected chi connectivity index (χ0v) is 22.8. The molecule has 33 heavy (non-hydrogen) atoms. The topological polar surface area (TPSA) is 26.3 Å². The second kappa shape index (κ2) is 14.6. The van der Waals surface area contributed by atoms with Crippen molar-refractivity contribution in [3.63, 3.8) is 0 Å². The van der Waals surface area contributed by atoms with Crippen LogP contribution in [0.25, 0.3) is 0 Å². The number of esters is 1. The summed E-state index contributed by atoms with van der Waals surface area (Å²) in [6, 6.07) is 0. The number of fused-ring (bicyclic) bond motifs is 1. The van der Waals surface area contributed by atoms with Crippen LogP contribution in [0.4, 0.5) is 0 Å². The second-order valence-corrected chi connectivity index (χ2v) is 12.3. The summed E-state index contributed by atoms with van der Waals surface area (Å²) in [6.07, 6.45) is 25.3. The smallest absolute Gasteiger partial charge is 0.306 e. The van der Waals surface area contributed by atoms with E-state index in [0.29, 0.717) is 23.7 Å². The summed E-state index contributed by atoms with van der Waals surface area (Å²) in [7, 11) is 0. The maximum Gasteiger partial charge on any atom is 0.306 e. The van der Waals surface area contributed by atoms with Crippen molar-refractivity contribution in [3.05, 3.63) is 12.2 Å². The highest BCUT2D eigenvalue weighted by Crippen LogP contribution is 2.55. The van der Waals surface area contributed by atoms with E-state index in [1.165, 1.54) is 108 Å². The van der Waals surface area contributed by atoms with E-state index < -0.39 is 0 Å². The molecule has 2 rings (SSSR count). The number of carbonyl (C=O) groups is 1. The zero-order valence-electron chi connectivity index (χ0n) is 22.8. The lowest BCUT2D eigenvalue weighted by Crippen LogP contribution is -2.45. The van der Waals surface area contributed by atoms with Crippen molar-refractivity contribution < 1.29 is 9.53 Å². The standard InChI is InChI=1S/C31H56O2/c1-6-7-8-9-10-11-12-13-14-15-16-17-18-21-29(32)33-30(3,4)27-22-24-31(5)23-19-20-26(2)28(31)25-27/h27-28H,2,6-25H2,1,3-5H3/t27-,28+,31-/m1/s1. The van der Waals surface area contributed by atoms with Crippen LogP contribution in [0.5, 0.6) is 0 Å². The minimum Gasteiger partial charge on any atom is -0.459 e. The number of rotatable bonds is 16. The molecule has 0 N–H and O–H groups in total. The van der Waals surface area contributed by atoms with Gasteiger partial charge in [0, 0.05) is 6.42 Å². The molecular weight excluding hydrogens is 404 g/mol. The van der Waals surface area contributed by atoms with Gasteiger partial charge in [-0.05, 0) is 76.0 Å². The number of hydrogen-bond donors (Lipinski definition) is 0. The molecule has 0 aromatic rings. The van der Waals surface area contributed by atoms with Gasteiger partial charge in [-0.2, -0.15) is 0 Å². The van der Waals surface area contributed by atoms with Gasteiger partial charge in [0.2, 0.25) is 0 Å². The highest BCUT2D eigenvalue weighted by atomic mass is 16.6. The summed E-state index contributed by atoms with van der Waals surface area (Å²) >= 11 is 0. The van der Waals surface area contributed by atoms with E-state index in [4.69, 9.17) is 4.74 Å². The predicted octanol–water partition coefficient (Wildman–Crippen LogP) is 9.95. The molecule has 2 fully saturated rings. The molecule has 2 saturated carbocycles. The first-order valence-corrected chi connectivity index (χ1v) is 14.7. The van der Waals surface area contributed by atoms with Gasteiger partial charge in [-0.3, -0.25) is 4.79 Å². The molecule has 0 bridgehead atoms. The summed E-state index contributed by atoms with van der Waals surface area (Å²) in [5, 5.41) is 0. The largest absolute Gasteiger partial charge is 0.459 e. The SMILES string of the molecule is C=C1CCC[C@]2(C)CC[C@@H](C(C)(C)OC(=O)CCCCCCCCCCCCCCC)C[C@@H]12. The number of unbranched alkanes of at least 4 members (excludes halogenated alkanes) is 12. The van der Waals surface area contributed by atoms with E-state index in [1.807, 2.05) is 0 Å². The van der Waals surface area contributed by atoms with E-state index >= 15 is 0 Å². The average Bonchev–Trinajstić information content (AvgIpc) is 2.76. The molecule has 3 atom stereocenters. The molecule has 2 aliphatic rings. The normalized spacial score (nSPS) is 25.6. The van der Waals surface area contributed by atoms with Crippen molar-refractivity contribution in [1.29, 1.82) is 0 Å². The van der Waals surface area contributed by atoms with E-state index in [-0.39, 0.29) is 11.6 Å². The molecule has 0 amide bonds. The Morgan fingerprint density at radius 3 is 2.06 bits per heavy atom. The molecule has 0 heterocycles. The van der Waals surface area contributed by atoms with Crippen molar-refractivity contribution in [2.24, 2.45) is 17.3 Å². The van der Waals surface area contributed by atoms with Crippen LogP contribution >= 0.6 is 0 Å². The Morgan fingerprint density at radius 2 is 1.48 bits per heavy atom. The number of ether oxygens (including phenoxy) is 1. The second-order valence-electron chi connectivity index (χ2n) is 12.3. The first kappa shape index (κ1) is 28.4. The maximum atomic E-state index is 12.6. The zero-order chi connectivity index (χ0) is 24.2. The Bertz CT molecular complexity index is 577. The highest BCUT2D eigenvalue weighted by Gasteiger charge is 2.47. The fourth-order valence-electron chi connectivity index (χ4n) is 6.56. The Labute approximate surface area is 206 Å². The molecule has 0 aromatic carbocycles. The minimum absolute atomic E-state index is 0.0129. The van der Waals surface area contributed by atoms with Crippen LogP contribution in [0.2, 0.25) is 0 Å². The maximum absolute atomic E-state index is 12.6. The van der Waals surface area contributed by atoms with Crippen LogP contribution in [0.3, 0.4) is 0 Å². The third kappa shape index (κ3) is 9.77. The summed E-state index contributed by atoms with van der Waals surface area (Å²) in [4.78, 5) is 12.6. The third-order valence-electron chi connectivity index (χ3n) is 9.01. The van der Waals surface area contributed by atoms with Gasteiger partial charge in [0.1, 0.15) is 5.60 Å². The molecule has 0 aliphatic heterocycles. The molecular formula is C31H56O2. The molecule has 0 aromatic heterocycles. The fourth-order valence-corrected chi connectivity index (χ4v) is 6.56. The lowest BCUT2D eigenvalue weighted by atomic mass is 9.55. The Balaban J connectivity index is 1.53. The van der Waals surface area contributed by atoms with Gasteiger partial charge in [0.15, 0.2) is 0 Å². The third-order valence-corrected chi connectivity index (χ3v) is 9.01. The average molecular weight is 461 g/mol. The summed E-state index contributed by atoms with van der Waals surface area (Å²) in [5.41, 5.74) is 1.52. The van der Waals surface area contributed by atoms with E-state index in [2.05, 4.69) is 34.3 Å². The number of allylic oxidation sites excluding steroid dienone is 1. The summed E-state index contributed by atoms with van der Waals surface area (Å²) < 4.78 is 6.06. The first-order chi connectivity index (χ1) is 15.8. The number of hydrogen-bond acceptors (Lipinski definition) is 2. The molecule has 0 saturated heterocycles. The molecule has 0 spiro atoms. The van der Waals surface area contributed by atoms with Gasteiger partial charge in [0.05, 0.1) is 0 Å². The van der Waals surface area contributed by atoms with Crippen molar-refractivity contribution in [2.75, 3.05) is 0 Å². The Hall–Kier alpha value is -0.790. The van der Waals surface area contributed by atoms with Crippen molar-refractivity contribution in [2.45, 2.75) is 162 Å². The molecule has 0 radical (unpaired) electrons. The van der Waals surface area contributed by atoms with Crippen molar-refractivity contribution in [1.82, 2.24) is 0 Å². The fraction of sp³-hybridized carbons (Fsp3) is 0.903. The summed E-state index contributed by atoms with van der Waals surface area (Å²) in [6.45, 7) is 13.5. The monoisotopic (exact) mass is 460 g/mol.